The van der Waals surface area contributed by atoms with E-state index in [4.69, 9.17) is 14.0 Å². The third-order valence-corrected chi connectivity index (χ3v) is 5.30. The SMILES string of the molecule is COc1cc2ncnc(Nc3ccc(OP)c4ccsc34)c2cc1OC. The number of anilines is 2. The van der Waals surface area contributed by atoms with Crippen molar-refractivity contribution in [3.63, 3.8) is 0 Å². The molecule has 0 aliphatic rings. The molecule has 4 aromatic rings. The van der Waals surface area contributed by atoms with Gasteiger partial charge in [0, 0.05) is 16.8 Å². The summed E-state index contributed by atoms with van der Waals surface area (Å²) in [6.07, 6.45) is 1.53. The third-order valence-electron chi connectivity index (χ3n) is 4.10. The van der Waals surface area contributed by atoms with Gasteiger partial charge in [-0.2, -0.15) is 0 Å². The number of rotatable bonds is 5. The molecule has 0 amide bonds. The summed E-state index contributed by atoms with van der Waals surface area (Å²) < 4.78 is 17.2. The van der Waals surface area contributed by atoms with Gasteiger partial charge < -0.3 is 19.3 Å². The second-order valence-electron chi connectivity index (χ2n) is 5.46. The van der Waals surface area contributed by atoms with Gasteiger partial charge in [-0.05, 0) is 29.6 Å². The predicted octanol–water partition coefficient (Wildman–Crippen LogP) is 4.77. The first-order valence-electron chi connectivity index (χ1n) is 7.76. The summed E-state index contributed by atoms with van der Waals surface area (Å²) >= 11 is 1.64. The van der Waals surface area contributed by atoms with Crippen molar-refractivity contribution in [2.24, 2.45) is 0 Å². The lowest BCUT2D eigenvalue weighted by Crippen LogP contribution is -1.98. The van der Waals surface area contributed by atoms with Crippen molar-refractivity contribution < 1.29 is 14.0 Å². The minimum Gasteiger partial charge on any atom is -0.493 e. The van der Waals surface area contributed by atoms with E-state index >= 15 is 0 Å². The van der Waals surface area contributed by atoms with Crippen molar-refractivity contribution >= 4 is 53.3 Å². The molecular formula is C18H16N3O3PS. The molecule has 0 aliphatic heterocycles. The van der Waals surface area contributed by atoms with Crippen molar-refractivity contribution in [3.8, 4) is 17.2 Å². The highest BCUT2D eigenvalue weighted by Gasteiger charge is 2.13. The van der Waals surface area contributed by atoms with Gasteiger partial charge in [-0.1, -0.05) is 0 Å². The van der Waals surface area contributed by atoms with Gasteiger partial charge in [-0.15, -0.1) is 11.3 Å². The van der Waals surface area contributed by atoms with Crippen LogP contribution in [0.2, 0.25) is 0 Å². The number of nitrogens with zero attached hydrogens (tertiary/aromatic N) is 2. The Labute approximate surface area is 156 Å². The zero-order chi connectivity index (χ0) is 18.1. The Hall–Kier alpha value is -2.63. The standard InChI is InChI=1S/C18H16N3O3PS/c1-22-15-7-11-13(8-16(15)23-2)19-9-20-18(11)21-12-3-4-14(24-25)10-5-6-26-17(10)12/h3-9H,25H2,1-2H3,(H,19,20,21). The van der Waals surface area contributed by atoms with Gasteiger partial charge in [0.05, 0.1) is 39.6 Å². The second-order valence-corrected chi connectivity index (χ2v) is 6.62. The molecule has 0 fully saturated rings. The first-order chi connectivity index (χ1) is 12.7. The van der Waals surface area contributed by atoms with Crippen LogP contribution in [0, 0.1) is 0 Å². The van der Waals surface area contributed by atoms with Crippen LogP contribution in [-0.4, -0.2) is 24.2 Å². The van der Waals surface area contributed by atoms with Gasteiger partial charge in [0.2, 0.25) is 0 Å². The van der Waals surface area contributed by atoms with E-state index in [-0.39, 0.29) is 0 Å². The average molecular weight is 385 g/mol. The Bertz CT molecular complexity index is 1100. The summed E-state index contributed by atoms with van der Waals surface area (Å²) in [5, 5.41) is 7.35. The number of benzene rings is 2. The van der Waals surface area contributed by atoms with Crippen molar-refractivity contribution in [3.05, 3.63) is 42.0 Å². The van der Waals surface area contributed by atoms with E-state index < -0.39 is 0 Å². The molecule has 132 valence electrons. The molecule has 2 aromatic heterocycles. The van der Waals surface area contributed by atoms with E-state index in [0.29, 0.717) is 17.3 Å². The number of thiophene rings is 1. The van der Waals surface area contributed by atoms with E-state index in [1.807, 2.05) is 35.7 Å². The molecule has 0 bridgehead atoms. The Morgan fingerprint density at radius 1 is 0.962 bits per heavy atom. The van der Waals surface area contributed by atoms with Gasteiger partial charge >= 0.3 is 0 Å². The molecule has 0 saturated heterocycles. The first-order valence-corrected chi connectivity index (χ1v) is 9.11. The molecule has 1 atom stereocenters. The fourth-order valence-corrected chi connectivity index (χ4v) is 3.94. The van der Waals surface area contributed by atoms with Gasteiger partial charge in [-0.25, -0.2) is 9.97 Å². The first kappa shape index (κ1) is 16.8. The van der Waals surface area contributed by atoms with E-state index in [1.54, 1.807) is 25.6 Å². The molecule has 2 heterocycles. The van der Waals surface area contributed by atoms with Crippen LogP contribution in [-0.2, 0) is 0 Å². The summed E-state index contributed by atoms with van der Waals surface area (Å²) in [7, 11) is 5.50. The highest BCUT2D eigenvalue weighted by molar-refractivity contribution is 7.18. The number of methoxy groups -OCH3 is 2. The van der Waals surface area contributed by atoms with Gasteiger partial charge in [0.15, 0.2) is 11.5 Å². The number of ether oxygens (including phenoxy) is 2. The molecule has 26 heavy (non-hydrogen) atoms. The van der Waals surface area contributed by atoms with Crippen LogP contribution in [0.4, 0.5) is 11.5 Å². The molecular weight excluding hydrogens is 369 g/mol. The molecule has 2 aromatic carbocycles. The molecule has 8 heteroatoms. The smallest absolute Gasteiger partial charge is 0.162 e. The van der Waals surface area contributed by atoms with Crippen molar-refractivity contribution in [1.29, 1.82) is 0 Å². The molecule has 0 saturated carbocycles. The second kappa shape index (κ2) is 6.94. The van der Waals surface area contributed by atoms with Crippen molar-refractivity contribution in [2.45, 2.75) is 0 Å². The van der Waals surface area contributed by atoms with E-state index in [1.165, 1.54) is 6.33 Å². The number of hydrogen-bond acceptors (Lipinski definition) is 7. The Morgan fingerprint density at radius 3 is 2.54 bits per heavy atom. The monoisotopic (exact) mass is 385 g/mol. The topological polar surface area (TPSA) is 65.5 Å². The van der Waals surface area contributed by atoms with Gasteiger partial charge in [-0.3, -0.25) is 0 Å². The molecule has 4 rings (SSSR count). The maximum Gasteiger partial charge on any atom is 0.162 e. The highest BCUT2D eigenvalue weighted by Crippen LogP contribution is 2.39. The van der Waals surface area contributed by atoms with Gasteiger partial charge in [0.1, 0.15) is 17.9 Å². The molecule has 0 spiro atoms. The fourth-order valence-electron chi connectivity index (χ4n) is 2.85. The maximum atomic E-state index is 5.41. The lowest BCUT2D eigenvalue weighted by atomic mass is 10.2. The Morgan fingerprint density at radius 2 is 1.77 bits per heavy atom. The quantitative estimate of drug-likeness (QED) is 0.499. The van der Waals surface area contributed by atoms with Crippen LogP contribution in [0.15, 0.2) is 42.0 Å². The predicted molar refractivity (Wildman–Crippen MR) is 108 cm³/mol. The minimum absolute atomic E-state index is 0.630. The molecule has 0 radical (unpaired) electrons. The van der Waals surface area contributed by atoms with Gasteiger partial charge in [0.25, 0.3) is 0 Å². The van der Waals surface area contributed by atoms with Crippen LogP contribution in [0.1, 0.15) is 0 Å². The summed E-state index contributed by atoms with van der Waals surface area (Å²) in [4.78, 5) is 8.76. The summed E-state index contributed by atoms with van der Waals surface area (Å²) in [6, 6.07) is 9.66. The van der Waals surface area contributed by atoms with Crippen molar-refractivity contribution in [1.82, 2.24) is 9.97 Å². The van der Waals surface area contributed by atoms with Crippen LogP contribution in [0.3, 0.4) is 0 Å². The van der Waals surface area contributed by atoms with Crippen LogP contribution in [0.5, 0.6) is 17.2 Å². The summed E-state index contributed by atoms with van der Waals surface area (Å²) in [5.41, 5.74) is 1.73. The normalized spacial score (nSPS) is 10.9. The zero-order valence-electron chi connectivity index (χ0n) is 14.1. The third kappa shape index (κ3) is 2.79. The Balaban J connectivity index is 1.84. The average Bonchev–Trinajstić information content (AvgIpc) is 3.17. The molecule has 6 nitrogen and oxygen atoms in total. The van der Waals surface area contributed by atoms with E-state index in [2.05, 4.69) is 24.8 Å². The summed E-state index contributed by atoms with van der Waals surface area (Å²) in [5.74, 6) is 2.78. The van der Waals surface area contributed by atoms with E-state index in [0.717, 1.165) is 32.4 Å². The van der Waals surface area contributed by atoms with Crippen molar-refractivity contribution in [2.75, 3.05) is 19.5 Å². The minimum atomic E-state index is 0.630. The number of aromatic nitrogens is 2. The van der Waals surface area contributed by atoms with Crippen LogP contribution >= 0.6 is 20.8 Å². The zero-order valence-corrected chi connectivity index (χ0v) is 16.1. The molecule has 1 unspecified atom stereocenters. The molecule has 1 N–H and O–H groups in total. The lowest BCUT2D eigenvalue weighted by Gasteiger charge is -2.13. The largest absolute Gasteiger partial charge is 0.493 e. The molecule has 0 aliphatic carbocycles. The number of fused-ring (bicyclic) bond motifs is 2. The summed E-state index contributed by atoms with van der Waals surface area (Å²) in [6.45, 7) is 0. The van der Waals surface area contributed by atoms with Crippen LogP contribution in [0.25, 0.3) is 21.0 Å². The van der Waals surface area contributed by atoms with E-state index in [9.17, 15) is 0 Å². The fraction of sp³-hybridized carbons (Fsp3) is 0.111. The Kier molecular flexibility index (Phi) is 4.49. The maximum absolute atomic E-state index is 5.41. The lowest BCUT2D eigenvalue weighted by molar-refractivity contribution is 0.356. The highest BCUT2D eigenvalue weighted by atomic mass is 32.1. The number of hydrogen-bond donors (Lipinski definition) is 1. The number of nitrogens with one attached hydrogen (secondary N) is 1. The van der Waals surface area contributed by atoms with Crippen LogP contribution < -0.4 is 19.3 Å².